The van der Waals surface area contributed by atoms with Crippen molar-refractivity contribution < 1.29 is 19.0 Å². The summed E-state index contributed by atoms with van der Waals surface area (Å²) in [6.07, 6.45) is 0.000457. The number of benzene rings is 3. The van der Waals surface area contributed by atoms with E-state index in [1.807, 2.05) is 67.6 Å². The standard InChI is InChI=1S/C29H32FN3O3/c1-22-28(21-32(16-17-35-2)20-26(34)18-23-10-5-3-6-11-23)29(36-27-15-9-12-24(30)19-27)33(31-22)25-13-7-4-8-14-25/h3-15,19,26,34H,16-18,20-21H2,1-2H3. The van der Waals surface area contributed by atoms with Crippen LogP contribution in [0.25, 0.3) is 5.69 Å². The highest BCUT2D eigenvalue weighted by Gasteiger charge is 2.23. The maximum atomic E-state index is 13.9. The number of rotatable bonds is 12. The van der Waals surface area contributed by atoms with E-state index in [1.165, 1.54) is 12.1 Å². The summed E-state index contributed by atoms with van der Waals surface area (Å²) in [5, 5.41) is 15.6. The van der Waals surface area contributed by atoms with Gasteiger partial charge in [-0.15, -0.1) is 0 Å². The summed E-state index contributed by atoms with van der Waals surface area (Å²) >= 11 is 0. The quantitative estimate of drug-likeness (QED) is 0.298. The Balaban J connectivity index is 1.63. The van der Waals surface area contributed by atoms with Crippen molar-refractivity contribution in [3.05, 3.63) is 108 Å². The van der Waals surface area contributed by atoms with Crippen molar-refractivity contribution in [2.45, 2.75) is 26.0 Å². The first-order valence-corrected chi connectivity index (χ1v) is 12.0. The number of hydrogen-bond donors (Lipinski definition) is 1. The molecule has 0 spiro atoms. The van der Waals surface area contributed by atoms with Crippen LogP contribution in [0.3, 0.4) is 0 Å². The Kier molecular flexibility index (Phi) is 8.84. The molecule has 3 aromatic carbocycles. The van der Waals surface area contributed by atoms with Crippen molar-refractivity contribution in [3.8, 4) is 17.3 Å². The molecule has 0 bridgehead atoms. The molecule has 1 atom stereocenters. The Bertz CT molecular complexity index is 1230. The third-order valence-corrected chi connectivity index (χ3v) is 5.93. The van der Waals surface area contributed by atoms with Crippen molar-refractivity contribution in [3.63, 3.8) is 0 Å². The topological polar surface area (TPSA) is 59.8 Å². The molecule has 0 aliphatic rings. The fourth-order valence-corrected chi connectivity index (χ4v) is 4.14. The maximum absolute atomic E-state index is 13.9. The van der Waals surface area contributed by atoms with Gasteiger partial charge in [0.2, 0.25) is 5.88 Å². The van der Waals surface area contributed by atoms with Gasteiger partial charge < -0.3 is 14.6 Å². The van der Waals surface area contributed by atoms with Gasteiger partial charge in [-0.05, 0) is 43.2 Å². The fraction of sp³-hybridized carbons (Fsp3) is 0.276. The van der Waals surface area contributed by atoms with Gasteiger partial charge in [-0.3, -0.25) is 4.90 Å². The Labute approximate surface area is 211 Å². The Hall–Kier alpha value is -3.52. The van der Waals surface area contributed by atoms with Crippen LogP contribution < -0.4 is 4.74 Å². The summed E-state index contributed by atoms with van der Waals surface area (Å²) in [7, 11) is 1.66. The van der Waals surface area contributed by atoms with Crippen molar-refractivity contribution in [1.29, 1.82) is 0 Å². The molecule has 4 rings (SSSR count). The highest BCUT2D eigenvalue weighted by atomic mass is 19.1. The molecule has 1 aromatic heterocycles. The largest absolute Gasteiger partial charge is 0.438 e. The van der Waals surface area contributed by atoms with Gasteiger partial charge >= 0.3 is 0 Å². The lowest BCUT2D eigenvalue weighted by Crippen LogP contribution is -2.35. The predicted octanol–water partition coefficient (Wildman–Crippen LogP) is 5.16. The van der Waals surface area contributed by atoms with Crippen LogP contribution in [-0.2, 0) is 17.7 Å². The lowest BCUT2D eigenvalue weighted by Gasteiger charge is -2.25. The molecule has 0 radical (unpaired) electrons. The van der Waals surface area contributed by atoms with Crippen LogP contribution in [0.5, 0.6) is 11.6 Å². The Morgan fingerprint density at radius 3 is 2.42 bits per heavy atom. The fourth-order valence-electron chi connectivity index (χ4n) is 4.14. The van der Waals surface area contributed by atoms with Crippen molar-refractivity contribution >= 4 is 0 Å². The molecule has 0 saturated heterocycles. The number of aliphatic hydroxyl groups is 1. The van der Waals surface area contributed by atoms with Crippen LogP contribution in [0.4, 0.5) is 4.39 Å². The molecule has 4 aromatic rings. The number of nitrogens with zero attached hydrogens (tertiary/aromatic N) is 3. The minimum Gasteiger partial charge on any atom is -0.438 e. The van der Waals surface area contributed by atoms with E-state index >= 15 is 0 Å². The van der Waals surface area contributed by atoms with E-state index in [0.717, 1.165) is 22.5 Å². The van der Waals surface area contributed by atoms with Crippen LogP contribution in [0.15, 0.2) is 84.9 Å². The van der Waals surface area contributed by atoms with E-state index in [1.54, 1.807) is 23.9 Å². The van der Waals surface area contributed by atoms with Crippen LogP contribution in [-0.4, -0.2) is 52.7 Å². The number of aryl methyl sites for hydroxylation is 1. The first-order valence-electron chi connectivity index (χ1n) is 12.0. The summed E-state index contributed by atoms with van der Waals surface area (Å²) in [4.78, 5) is 2.13. The highest BCUT2D eigenvalue weighted by molar-refractivity contribution is 5.43. The van der Waals surface area contributed by atoms with Crippen LogP contribution in [0.1, 0.15) is 16.8 Å². The van der Waals surface area contributed by atoms with E-state index in [9.17, 15) is 9.50 Å². The number of halogens is 1. The van der Waals surface area contributed by atoms with Gasteiger partial charge in [0.1, 0.15) is 11.6 Å². The van der Waals surface area contributed by atoms with Crippen molar-refractivity contribution in [1.82, 2.24) is 14.7 Å². The first-order chi connectivity index (χ1) is 17.5. The molecule has 6 nitrogen and oxygen atoms in total. The number of hydrogen-bond acceptors (Lipinski definition) is 5. The van der Waals surface area contributed by atoms with Gasteiger partial charge in [-0.25, -0.2) is 9.07 Å². The molecule has 7 heteroatoms. The first kappa shape index (κ1) is 25.6. The summed E-state index contributed by atoms with van der Waals surface area (Å²) in [6, 6.07) is 25.7. The number of para-hydroxylation sites is 1. The summed E-state index contributed by atoms with van der Waals surface area (Å²) in [6.45, 7) is 4.01. The number of aliphatic hydroxyl groups excluding tert-OH is 1. The molecular formula is C29H32FN3O3. The minimum absolute atomic E-state index is 0.373. The monoisotopic (exact) mass is 489 g/mol. The number of ether oxygens (including phenoxy) is 2. The van der Waals surface area contributed by atoms with Gasteiger partial charge in [0, 0.05) is 32.8 Å². The third-order valence-electron chi connectivity index (χ3n) is 5.93. The average molecular weight is 490 g/mol. The van der Waals surface area contributed by atoms with E-state index in [4.69, 9.17) is 14.6 Å². The predicted molar refractivity (Wildman–Crippen MR) is 138 cm³/mol. The normalized spacial score (nSPS) is 12.1. The summed E-state index contributed by atoms with van der Waals surface area (Å²) in [5.74, 6) is 0.535. The molecular weight excluding hydrogens is 457 g/mol. The zero-order valence-electron chi connectivity index (χ0n) is 20.7. The molecule has 0 aliphatic heterocycles. The second-order valence-electron chi connectivity index (χ2n) is 8.75. The average Bonchev–Trinajstić information content (AvgIpc) is 3.18. The van der Waals surface area contributed by atoms with E-state index in [0.29, 0.717) is 44.3 Å². The minimum atomic E-state index is -0.554. The summed E-state index contributed by atoms with van der Waals surface area (Å²) < 4.78 is 27.2. The molecule has 0 fully saturated rings. The summed E-state index contributed by atoms with van der Waals surface area (Å²) in [5.41, 5.74) is 3.59. The maximum Gasteiger partial charge on any atom is 0.227 e. The zero-order valence-corrected chi connectivity index (χ0v) is 20.7. The van der Waals surface area contributed by atoms with Gasteiger partial charge in [-0.2, -0.15) is 5.10 Å². The van der Waals surface area contributed by atoms with E-state index in [-0.39, 0.29) is 5.82 Å². The highest BCUT2D eigenvalue weighted by Crippen LogP contribution is 2.32. The van der Waals surface area contributed by atoms with Gasteiger partial charge in [0.25, 0.3) is 0 Å². The smallest absolute Gasteiger partial charge is 0.227 e. The van der Waals surface area contributed by atoms with Crippen molar-refractivity contribution in [2.75, 3.05) is 26.8 Å². The van der Waals surface area contributed by atoms with E-state index in [2.05, 4.69) is 4.90 Å². The number of methoxy groups -OCH3 is 1. The molecule has 1 unspecified atom stereocenters. The number of aromatic nitrogens is 2. The second-order valence-corrected chi connectivity index (χ2v) is 8.75. The van der Waals surface area contributed by atoms with Crippen LogP contribution in [0.2, 0.25) is 0 Å². The Morgan fingerprint density at radius 1 is 1.00 bits per heavy atom. The zero-order chi connectivity index (χ0) is 25.3. The van der Waals surface area contributed by atoms with Crippen LogP contribution >= 0.6 is 0 Å². The Morgan fingerprint density at radius 2 is 1.72 bits per heavy atom. The van der Waals surface area contributed by atoms with Gasteiger partial charge in [-0.1, -0.05) is 54.6 Å². The molecule has 0 amide bonds. The lowest BCUT2D eigenvalue weighted by molar-refractivity contribution is 0.0846. The second kappa shape index (κ2) is 12.4. The third kappa shape index (κ3) is 6.79. The molecule has 36 heavy (non-hydrogen) atoms. The molecule has 1 N–H and O–H groups in total. The van der Waals surface area contributed by atoms with Gasteiger partial charge in [0.15, 0.2) is 0 Å². The van der Waals surface area contributed by atoms with Crippen molar-refractivity contribution in [2.24, 2.45) is 0 Å². The SMILES string of the molecule is COCCN(Cc1c(C)nn(-c2ccccc2)c1Oc1cccc(F)c1)CC(O)Cc1ccccc1. The molecule has 188 valence electrons. The molecule has 1 heterocycles. The molecule has 0 aliphatic carbocycles. The van der Waals surface area contributed by atoms with E-state index < -0.39 is 6.10 Å². The van der Waals surface area contributed by atoms with Gasteiger partial charge in [0.05, 0.1) is 29.7 Å². The lowest BCUT2D eigenvalue weighted by atomic mass is 10.1. The molecule has 0 saturated carbocycles. The van der Waals surface area contributed by atoms with Crippen LogP contribution in [0, 0.1) is 12.7 Å².